The monoisotopic (exact) mass is 274 g/mol. The predicted octanol–water partition coefficient (Wildman–Crippen LogP) is 1.73. The summed E-state index contributed by atoms with van der Waals surface area (Å²) in [4.78, 5) is 14.7. The fraction of sp³-hybridized carbons (Fsp3) is 0.562. The average Bonchev–Trinajstić information content (AvgIpc) is 3.01. The van der Waals surface area contributed by atoms with Crippen molar-refractivity contribution in [1.29, 1.82) is 0 Å². The maximum absolute atomic E-state index is 12.7. The van der Waals surface area contributed by atoms with Gasteiger partial charge in [-0.25, -0.2) is 0 Å². The number of carbonyl (C=O) groups excluding carboxylic acids is 1. The van der Waals surface area contributed by atoms with Crippen molar-refractivity contribution in [3.05, 3.63) is 35.9 Å². The largest absolute Gasteiger partial charge is 0.368 e. The molecule has 20 heavy (non-hydrogen) atoms. The SMILES string of the molecule is CC1CN(C(=O)C2CCCO2)C(c2ccccc2)CN1. The predicted molar refractivity (Wildman–Crippen MR) is 77.3 cm³/mol. The molecule has 1 N–H and O–H groups in total. The standard InChI is InChI=1S/C16H22N2O2/c1-12-11-18(16(19)15-8-5-9-20-15)14(10-17-12)13-6-3-2-4-7-13/h2-4,6-7,12,14-15,17H,5,8-11H2,1H3. The third-order valence-corrected chi connectivity index (χ3v) is 4.18. The molecule has 0 aliphatic carbocycles. The van der Waals surface area contributed by atoms with Gasteiger partial charge < -0.3 is 15.0 Å². The maximum Gasteiger partial charge on any atom is 0.252 e. The molecule has 108 valence electrons. The zero-order valence-electron chi connectivity index (χ0n) is 11.9. The van der Waals surface area contributed by atoms with Crippen molar-refractivity contribution in [1.82, 2.24) is 10.2 Å². The highest BCUT2D eigenvalue weighted by molar-refractivity contribution is 5.81. The zero-order valence-corrected chi connectivity index (χ0v) is 11.9. The lowest BCUT2D eigenvalue weighted by molar-refractivity contribution is -0.145. The summed E-state index contributed by atoms with van der Waals surface area (Å²) in [6, 6.07) is 10.7. The Hall–Kier alpha value is -1.39. The van der Waals surface area contributed by atoms with Crippen molar-refractivity contribution in [2.75, 3.05) is 19.7 Å². The lowest BCUT2D eigenvalue weighted by Gasteiger charge is -2.40. The van der Waals surface area contributed by atoms with Crippen molar-refractivity contribution in [2.45, 2.75) is 38.0 Å². The first-order valence-corrected chi connectivity index (χ1v) is 7.46. The van der Waals surface area contributed by atoms with E-state index in [1.54, 1.807) is 0 Å². The third kappa shape index (κ3) is 2.72. The summed E-state index contributed by atoms with van der Waals surface area (Å²) >= 11 is 0. The first kappa shape index (κ1) is 13.6. The number of hydrogen-bond acceptors (Lipinski definition) is 3. The molecule has 4 heteroatoms. The second-order valence-electron chi connectivity index (χ2n) is 5.73. The van der Waals surface area contributed by atoms with E-state index in [1.807, 2.05) is 23.1 Å². The summed E-state index contributed by atoms with van der Waals surface area (Å²) in [6.45, 7) is 4.40. The molecule has 3 unspecified atom stereocenters. The van der Waals surface area contributed by atoms with Crippen molar-refractivity contribution in [2.24, 2.45) is 0 Å². The Balaban J connectivity index is 1.81. The molecule has 0 spiro atoms. The lowest BCUT2D eigenvalue weighted by atomic mass is 10.00. The average molecular weight is 274 g/mol. The number of nitrogens with one attached hydrogen (secondary N) is 1. The number of hydrogen-bond donors (Lipinski definition) is 1. The molecule has 1 aromatic carbocycles. The Bertz CT molecular complexity index is 457. The van der Waals surface area contributed by atoms with E-state index < -0.39 is 0 Å². The molecule has 1 aromatic rings. The van der Waals surface area contributed by atoms with Gasteiger partial charge in [0.2, 0.25) is 0 Å². The van der Waals surface area contributed by atoms with E-state index >= 15 is 0 Å². The highest BCUT2D eigenvalue weighted by Gasteiger charge is 2.35. The number of carbonyl (C=O) groups is 1. The topological polar surface area (TPSA) is 41.6 Å². The Kier molecular flexibility index (Phi) is 4.03. The second kappa shape index (κ2) is 5.94. The van der Waals surface area contributed by atoms with Gasteiger partial charge in [-0.2, -0.15) is 0 Å². The molecular weight excluding hydrogens is 252 g/mol. The molecule has 4 nitrogen and oxygen atoms in total. The van der Waals surface area contributed by atoms with Crippen molar-refractivity contribution in [3.63, 3.8) is 0 Å². The van der Waals surface area contributed by atoms with Crippen LogP contribution < -0.4 is 5.32 Å². The fourth-order valence-corrected chi connectivity index (χ4v) is 3.08. The van der Waals surface area contributed by atoms with Gasteiger partial charge in [0.05, 0.1) is 6.04 Å². The quantitative estimate of drug-likeness (QED) is 0.893. The molecule has 2 fully saturated rings. The van der Waals surface area contributed by atoms with Crippen LogP contribution in [0.15, 0.2) is 30.3 Å². The van der Waals surface area contributed by atoms with Crippen LogP contribution in [0.2, 0.25) is 0 Å². The molecule has 2 aliphatic rings. The maximum atomic E-state index is 12.7. The van der Waals surface area contributed by atoms with Gasteiger partial charge in [0.1, 0.15) is 6.10 Å². The van der Waals surface area contributed by atoms with Crippen LogP contribution >= 0.6 is 0 Å². The number of ether oxygens (including phenoxy) is 1. The van der Waals surface area contributed by atoms with E-state index in [4.69, 9.17) is 4.74 Å². The van der Waals surface area contributed by atoms with Gasteiger partial charge in [-0.1, -0.05) is 30.3 Å². The molecule has 1 amide bonds. The minimum Gasteiger partial charge on any atom is -0.368 e. The van der Waals surface area contributed by atoms with E-state index in [1.165, 1.54) is 5.56 Å². The summed E-state index contributed by atoms with van der Waals surface area (Å²) in [7, 11) is 0. The second-order valence-corrected chi connectivity index (χ2v) is 5.73. The Morgan fingerprint density at radius 2 is 2.15 bits per heavy atom. The normalized spacial score (nSPS) is 30.4. The van der Waals surface area contributed by atoms with Gasteiger partial charge in [-0.05, 0) is 25.3 Å². The fourth-order valence-electron chi connectivity index (χ4n) is 3.08. The van der Waals surface area contributed by atoms with Crippen LogP contribution in [-0.4, -0.2) is 42.6 Å². The van der Waals surface area contributed by atoms with E-state index in [-0.39, 0.29) is 18.1 Å². The Morgan fingerprint density at radius 1 is 1.35 bits per heavy atom. The number of benzene rings is 1. The van der Waals surface area contributed by atoms with Gasteiger partial charge >= 0.3 is 0 Å². The highest BCUT2D eigenvalue weighted by Crippen LogP contribution is 2.26. The number of amides is 1. The van der Waals surface area contributed by atoms with Crippen molar-refractivity contribution >= 4 is 5.91 Å². The molecule has 2 heterocycles. The van der Waals surface area contributed by atoms with Crippen LogP contribution in [0.25, 0.3) is 0 Å². The molecule has 3 atom stereocenters. The highest BCUT2D eigenvalue weighted by atomic mass is 16.5. The summed E-state index contributed by atoms with van der Waals surface area (Å²) in [5.74, 6) is 0.157. The zero-order chi connectivity index (χ0) is 13.9. The smallest absolute Gasteiger partial charge is 0.252 e. The summed E-state index contributed by atoms with van der Waals surface area (Å²) in [5.41, 5.74) is 1.19. The van der Waals surface area contributed by atoms with E-state index in [2.05, 4.69) is 24.4 Å². The number of piperazine rings is 1. The van der Waals surface area contributed by atoms with Gasteiger partial charge in [0.15, 0.2) is 0 Å². The van der Waals surface area contributed by atoms with E-state index in [9.17, 15) is 4.79 Å². The number of rotatable bonds is 2. The molecular formula is C16H22N2O2. The Morgan fingerprint density at radius 3 is 2.85 bits per heavy atom. The Labute approximate surface area is 120 Å². The van der Waals surface area contributed by atoms with Gasteiger partial charge in [-0.3, -0.25) is 4.79 Å². The molecule has 0 bridgehead atoms. The first-order valence-electron chi connectivity index (χ1n) is 7.46. The van der Waals surface area contributed by atoms with Crippen LogP contribution in [0, 0.1) is 0 Å². The van der Waals surface area contributed by atoms with E-state index in [0.29, 0.717) is 12.6 Å². The van der Waals surface area contributed by atoms with Crippen LogP contribution in [0.5, 0.6) is 0 Å². The third-order valence-electron chi connectivity index (χ3n) is 4.18. The molecule has 0 radical (unpaired) electrons. The van der Waals surface area contributed by atoms with Gasteiger partial charge in [0, 0.05) is 25.7 Å². The van der Waals surface area contributed by atoms with Crippen LogP contribution in [0.1, 0.15) is 31.4 Å². The van der Waals surface area contributed by atoms with Crippen LogP contribution in [0.3, 0.4) is 0 Å². The lowest BCUT2D eigenvalue weighted by Crippen LogP contribution is -2.55. The van der Waals surface area contributed by atoms with Crippen LogP contribution in [-0.2, 0) is 9.53 Å². The number of nitrogens with zero attached hydrogens (tertiary/aromatic N) is 1. The summed E-state index contributed by atoms with van der Waals surface area (Å²) < 4.78 is 5.58. The van der Waals surface area contributed by atoms with Crippen LogP contribution in [0.4, 0.5) is 0 Å². The molecule has 0 aromatic heterocycles. The molecule has 2 aliphatic heterocycles. The molecule has 0 saturated carbocycles. The minimum atomic E-state index is -0.230. The van der Waals surface area contributed by atoms with Gasteiger partial charge in [0.25, 0.3) is 5.91 Å². The van der Waals surface area contributed by atoms with Crippen molar-refractivity contribution in [3.8, 4) is 0 Å². The van der Waals surface area contributed by atoms with Gasteiger partial charge in [-0.15, -0.1) is 0 Å². The summed E-state index contributed by atoms with van der Waals surface area (Å²) in [5, 5.41) is 3.47. The summed E-state index contributed by atoms with van der Waals surface area (Å²) in [6.07, 6.45) is 1.62. The minimum absolute atomic E-state index is 0.115. The van der Waals surface area contributed by atoms with E-state index in [0.717, 1.165) is 25.9 Å². The molecule has 2 saturated heterocycles. The first-order chi connectivity index (χ1) is 9.75. The molecule has 3 rings (SSSR count). The van der Waals surface area contributed by atoms with Crippen molar-refractivity contribution < 1.29 is 9.53 Å².